The highest BCUT2D eigenvalue weighted by Gasteiger charge is 2.45. The molecule has 1 N–H and O–H groups in total. The molecule has 3 rings (SSSR count). The van der Waals surface area contributed by atoms with Crippen molar-refractivity contribution in [3.05, 3.63) is 0 Å². The lowest BCUT2D eigenvalue weighted by Gasteiger charge is -2.39. The molecule has 1 heteroatoms. The van der Waals surface area contributed by atoms with Crippen molar-refractivity contribution in [2.75, 3.05) is 0 Å². The van der Waals surface area contributed by atoms with Gasteiger partial charge in [0, 0.05) is 11.6 Å². The van der Waals surface area contributed by atoms with Gasteiger partial charge in [-0.1, -0.05) is 6.42 Å². The van der Waals surface area contributed by atoms with Crippen LogP contribution >= 0.6 is 0 Å². The van der Waals surface area contributed by atoms with Crippen molar-refractivity contribution in [1.82, 2.24) is 5.32 Å². The summed E-state index contributed by atoms with van der Waals surface area (Å²) in [6.45, 7) is 2.42. The van der Waals surface area contributed by atoms with Gasteiger partial charge in [-0.05, 0) is 63.7 Å². The minimum absolute atomic E-state index is 0.597. The van der Waals surface area contributed by atoms with Crippen molar-refractivity contribution >= 4 is 0 Å². The summed E-state index contributed by atoms with van der Waals surface area (Å²) >= 11 is 0. The molecule has 0 radical (unpaired) electrons. The van der Waals surface area contributed by atoms with Gasteiger partial charge in [-0.3, -0.25) is 0 Å². The Morgan fingerprint density at radius 1 is 1.14 bits per heavy atom. The van der Waals surface area contributed by atoms with E-state index in [9.17, 15) is 0 Å². The Bertz CT molecular complexity index is 211. The average Bonchev–Trinajstić information content (AvgIpc) is 2.58. The number of hydrogen-bond donors (Lipinski definition) is 1. The maximum atomic E-state index is 3.99. The summed E-state index contributed by atoms with van der Waals surface area (Å²) in [4.78, 5) is 0. The summed E-state index contributed by atoms with van der Waals surface area (Å²) in [5.41, 5.74) is 0.597. The molecule has 0 aromatic carbocycles. The average molecular weight is 193 g/mol. The quantitative estimate of drug-likeness (QED) is 0.726. The molecule has 2 bridgehead atoms. The Balaban J connectivity index is 1.60. The SMILES string of the molecule is CC(NC12CCC(CC1)C2)C1CCC1. The first-order chi connectivity index (χ1) is 6.77. The van der Waals surface area contributed by atoms with Crippen LogP contribution in [-0.2, 0) is 0 Å². The van der Waals surface area contributed by atoms with Crippen molar-refractivity contribution < 1.29 is 0 Å². The highest BCUT2D eigenvalue weighted by Crippen LogP contribution is 2.48. The molecule has 0 heterocycles. The minimum atomic E-state index is 0.597. The summed E-state index contributed by atoms with van der Waals surface area (Å²) < 4.78 is 0. The van der Waals surface area contributed by atoms with E-state index in [1.807, 2.05) is 0 Å². The highest BCUT2D eigenvalue weighted by molar-refractivity contribution is 5.04. The van der Waals surface area contributed by atoms with Crippen LogP contribution in [-0.4, -0.2) is 11.6 Å². The van der Waals surface area contributed by atoms with Gasteiger partial charge < -0.3 is 5.32 Å². The van der Waals surface area contributed by atoms with Crippen molar-refractivity contribution in [2.45, 2.75) is 69.9 Å². The summed E-state index contributed by atoms with van der Waals surface area (Å²) in [5.74, 6) is 2.08. The van der Waals surface area contributed by atoms with Crippen LogP contribution < -0.4 is 5.32 Å². The molecule has 1 nitrogen and oxygen atoms in total. The maximum absolute atomic E-state index is 3.99. The topological polar surface area (TPSA) is 12.0 Å². The Kier molecular flexibility index (Phi) is 2.12. The van der Waals surface area contributed by atoms with E-state index in [1.54, 1.807) is 0 Å². The number of nitrogens with one attached hydrogen (secondary N) is 1. The maximum Gasteiger partial charge on any atom is 0.0187 e. The molecule has 0 aromatic heterocycles. The first-order valence-electron chi connectivity index (χ1n) is 6.55. The van der Waals surface area contributed by atoms with Crippen LogP contribution in [0.4, 0.5) is 0 Å². The molecule has 1 unspecified atom stereocenters. The Morgan fingerprint density at radius 3 is 2.29 bits per heavy atom. The summed E-state index contributed by atoms with van der Waals surface area (Å²) in [6.07, 6.45) is 11.9. The first kappa shape index (κ1) is 9.21. The van der Waals surface area contributed by atoms with Crippen molar-refractivity contribution in [3.8, 4) is 0 Å². The molecule has 3 fully saturated rings. The fourth-order valence-corrected chi connectivity index (χ4v) is 3.93. The summed E-state index contributed by atoms with van der Waals surface area (Å²) in [6, 6.07) is 0.792. The predicted octanol–water partition coefficient (Wildman–Crippen LogP) is 3.10. The monoisotopic (exact) mass is 193 g/mol. The first-order valence-corrected chi connectivity index (χ1v) is 6.55. The highest BCUT2D eigenvalue weighted by atomic mass is 15.0. The smallest absolute Gasteiger partial charge is 0.0187 e. The van der Waals surface area contributed by atoms with Gasteiger partial charge in [0.25, 0.3) is 0 Å². The Morgan fingerprint density at radius 2 is 1.86 bits per heavy atom. The van der Waals surface area contributed by atoms with E-state index < -0.39 is 0 Å². The molecule has 0 aromatic rings. The molecule has 0 aliphatic heterocycles. The third-order valence-corrected chi connectivity index (χ3v) is 5.13. The molecule has 0 amide bonds. The number of fused-ring (bicyclic) bond motifs is 2. The zero-order valence-electron chi connectivity index (χ0n) is 9.39. The molecule has 0 saturated heterocycles. The second-order valence-corrected chi connectivity index (χ2v) is 6.05. The Labute approximate surface area is 87.7 Å². The van der Waals surface area contributed by atoms with E-state index in [0.29, 0.717) is 5.54 Å². The van der Waals surface area contributed by atoms with Gasteiger partial charge in [-0.25, -0.2) is 0 Å². The van der Waals surface area contributed by atoms with Crippen LogP contribution in [0.5, 0.6) is 0 Å². The lowest BCUT2D eigenvalue weighted by atomic mass is 9.79. The van der Waals surface area contributed by atoms with E-state index >= 15 is 0 Å². The fourth-order valence-electron chi connectivity index (χ4n) is 3.93. The second kappa shape index (κ2) is 3.23. The largest absolute Gasteiger partial charge is 0.308 e. The van der Waals surface area contributed by atoms with Gasteiger partial charge in [-0.2, -0.15) is 0 Å². The van der Waals surface area contributed by atoms with Gasteiger partial charge in [0.2, 0.25) is 0 Å². The molecular weight excluding hydrogens is 170 g/mol. The lowest BCUT2D eigenvalue weighted by molar-refractivity contribution is 0.187. The molecule has 14 heavy (non-hydrogen) atoms. The lowest BCUT2D eigenvalue weighted by Crippen LogP contribution is -2.50. The van der Waals surface area contributed by atoms with Crippen LogP contribution in [0.15, 0.2) is 0 Å². The van der Waals surface area contributed by atoms with E-state index in [4.69, 9.17) is 0 Å². The second-order valence-electron chi connectivity index (χ2n) is 6.05. The van der Waals surface area contributed by atoms with Gasteiger partial charge >= 0.3 is 0 Å². The third-order valence-electron chi connectivity index (χ3n) is 5.13. The summed E-state index contributed by atoms with van der Waals surface area (Å²) in [5, 5.41) is 3.99. The van der Waals surface area contributed by atoms with Gasteiger partial charge in [0.15, 0.2) is 0 Å². The van der Waals surface area contributed by atoms with Crippen LogP contribution in [0.1, 0.15) is 58.3 Å². The molecule has 3 aliphatic rings. The van der Waals surface area contributed by atoms with Crippen molar-refractivity contribution in [1.29, 1.82) is 0 Å². The van der Waals surface area contributed by atoms with Crippen LogP contribution in [0, 0.1) is 11.8 Å². The molecule has 3 saturated carbocycles. The van der Waals surface area contributed by atoms with Crippen molar-refractivity contribution in [2.24, 2.45) is 11.8 Å². The Hall–Kier alpha value is -0.0400. The standard InChI is InChI=1S/C13H23N/c1-10(12-3-2-4-12)14-13-7-5-11(9-13)6-8-13/h10-12,14H,2-9H2,1H3. The number of hydrogen-bond acceptors (Lipinski definition) is 1. The van der Waals surface area contributed by atoms with E-state index in [-0.39, 0.29) is 0 Å². The predicted molar refractivity (Wildman–Crippen MR) is 59.2 cm³/mol. The minimum Gasteiger partial charge on any atom is -0.308 e. The zero-order chi connectivity index (χ0) is 9.60. The summed E-state index contributed by atoms with van der Waals surface area (Å²) in [7, 11) is 0. The van der Waals surface area contributed by atoms with E-state index in [0.717, 1.165) is 17.9 Å². The van der Waals surface area contributed by atoms with E-state index in [1.165, 1.54) is 51.4 Å². The van der Waals surface area contributed by atoms with Crippen LogP contribution in [0.2, 0.25) is 0 Å². The van der Waals surface area contributed by atoms with Gasteiger partial charge in [-0.15, -0.1) is 0 Å². The van der Waals surface area contributed by atoms with E-state index in [2.05, 4.69) is 12.2 Å². The van der Waals surface area contributed by atoms with Crippen LogP contribution in [0.25, 0.3) is 0 Å². The molecular formula is C13H23N. The van der Waals surface area contributed by atoms with Crippen molar-refractivity contribution in [3.63, 3.8) is 0 Å². The van der Waals surface area contributed by atoms with Gasteiger partial charge in [0.05, 0.1) is 0 Å². The van der Waals surface area contributed by atoms with Crippen LogP contribution in [0.3, 0.4) is 0 Å². The normalized spacial score (nSPS) is 43.9. The molecule has 0 spiro atoms. The third kappa shape index (κ3) is 1.41. The number of rotatable bonds is 3. The fraction of sp³-hybridized carbons (Fsp3) is 1.00. The molecule has 1 atom stereocenters. The molecule has 3 aliphatic carbocycles. The zero-order valence-corrected chi connectivity index (χ0v) is 9.39. The molecule has 80 valence electrons. The van der Waals surface area contributed by atoms with Gasteiger partial charge in [0.1, 0.15) is 0 Å².